The van der Waals surface area contributed by atoms with E-state index in [0.717, 1.165) is 23.2 Å². The SMILES string of the molecule is Cc1cc(C)cc(NC(=O)[C@H]2CCCN2C(=O)OC(C)(C)C)c1. The van der Waals surface area contributed by atoms with Crippen LogP contribution in [0.3, 0.4) is 0 Å². The Morgan fingerprint density at radius 2 is 1.78 bits per heavy atom. The number of benzene rings is 1. The predicted octanol–water partition coefficient (Wildman–Crippen LogP) is 3.64. The minimum Gasteiger partial charge on any atom is -0.444 e. The lowest BCUT2D eigenvalue weighted by molar-refractivity contribution is -0.120. The molecule has 0 unspecified atom stereocenters. The Bertz CT molecular complexity index is 585. The fourth-order valence-electron chi connectivity index (χ4n) is 2.85. The number of anilines is 1. The zero-order valence-corrected chi connectivity index (χ0v) is 14.6. The van der Waals surface area contributed by atoms with Gasteiger partial charge in [0.05, 0.1) is 0 Å². The Hall–Kier alpha value is -2.04. The number of nitrogens with zero attached hydrogens (tertiary/aromatic N) is 1. The van der Waals surface area contributed by atoms with Gasteiger partial charge in [-0.1, -0.05) is 6.07 Å². The molecule has 1 aliphatic rings. The van der Waals surface area contributed by atoms with Crippen LogP contribution >= 0.6 is 0 Å². The van der Waals surface area contributed by atoms with E-state index in [9.17, 15) is 9.59 Å². The monoisotopic (exact) mass is 318 g/mol. The quantitative estimate of drug-likeness (QED) is 0.905. The van der Waals surface area contributed by atoms with Crippen molar-refractivity contribution in [2.24, 2.45) is 0 Å². The summed E-state index contributed by atoms with van der Waals surface area (Å²) in [6.45, 7) is 10.0. The first-order valence-electron chi connectivity index (χ1n) is 8.04. The second kappa shape index (κ2) is 6.60. The number of ether oxygens (including phenoxy) is 1. The van der Waals surface area contributed by atoms with Crippen LogP contribution in [0, 0.1) is 13.8 Å². The number of likely N-dealkylation sites (tertiary alicyclic amines) is 1. The molecule has 0 radical (unpaired) electrons. The van der Waals surface area contributed by atoms with Crippen LogP contribution in [0.25, 0.3) is 0 Å². The van der Waals surface area contributed by atoms with Gasteiger partial charge < -0.3 is 10.1 Å². The molecule has 1 atom stereocenters. The van der Waals surface area contributed by atoms with Gasteiger partial charge in [-0.05, 0) is 70.7 Å². The van der Waals surface area contributed by atoms with Crippen molar-refractivity contribution in [1.29, 1.82) is 0 Å². The van der Waals surface area contributed by atoms with Crippen molar-refractivity contribution in [1.82, 2.24) is 4.90 Å². The van der Waals surface area contributed by atoms with Gasteiger partial charge in [-0.25, -0.2) is 4.79 Å². The van der Waals surface area contributed by atoms with Crippen LogP contribution < -0.4 is 5.32 Å². The molecule has 0 aliphatic carbocycles. The zero-order chi connectivity index (χ0) is 17.2. The molecular weight excluding hydrogens is 292 g/mol. The van der Waals surface area contributed by atoms with Crippen molar-refractivity contribution >= 4 is 17.7 Å². The molecule has 23 heavy (non-hydrogen) atoms. The van der Waals surface area contributed by atoms with E-state index < -0.39 is 17.7 Å². The molecule has 1 fully saturated rings. The fraction of sp³-hybridized carbons (Fsp3) is 0.556. The standard InChI is InChI=1S/C18H26N2O3/c1-12-9-13(2)11-14(10-12)19-16(21)15-7-6-8-20(15)17(22)23-18(3,4)5/h9-11,15H,6-8H2,1-5H3,(H,19,21)/t15-/m1/s1. The van der Waals surface area contributed by atoms with Crippen molar-refractivity contribution < 1.29 is 14.3 Å². The van der Waals surface area contributed by atoms with Crippen molar-refractivity contribution in [3.8, 4) is 0 Å². The summed E-state index contributed by atoms with van der Waals surface area (Å²) >= 11 is 0. The van der Waals surface area contributed by atoms with Gasteiger partial charge in [-0.2, -0.15) is 0 Å². The summed E-state index contributed by atoms with van der Waals surface area (Å²) in [4.78, 5) is 26.3. The van der Waals surface area contributed by atoms with Crippen LogP contribution in [-0.2, 0) is 9.53 Å². The Labute approximate surface area is 138 Å². The van der Waals surface area contributed by atoms with Crippen LogP contribution in [0.2, 0.25) is 0 Å². The van der Waals surface area contributed by atoms with Crippen LogP contribution in [0.15, 0.2) is 18.2 Å². The summed E-state index contributed by atoms with van der Waals surface area (Å²) in [6.07, 6.45) is 1.05. The van der Waals surface area contributed by atoms with Gasteiger partial charge in [0, 0.05) is 12.2 Å². The Balaban J connectivity index is 2.07. The third-order valence-corrected chi connectivity index (χ3v) is 3.67. The number of amides is 2. The van der Waals surface area contributed by atoms with Gasteiger partial charge in [-0.3, -0.25) is 9.69 Å². The molecule has 5 nitrogen and oxygen atoms in total. The first-order chi connectivity index (χ1) is 10.7. The van der Waals surface area contributed by atoms with Crippen molar-refractivity contribution in [2.45, 2.75) is 59.1 Å². The summed E-state index contributed by atoms with van der Waals surface area (Å²) in [6, 6.07) is 5.44. The van der Waals surface area contributed by atoms with Crippen LogP contribution in [0.4, 0.5) is 10.5 Å². The number of hydrogen-bond donors (Lipinski definition) is 1. The van der Waals surface area contributed by atoms with E-state index in [1.807, 2.05) is 46.8 Å². The average molecular weight is 318 g/mol. The highest BCUT2D eigenvalue weighted by atomic mass is 16.6. The van der Waals surface area contributed by atoms with Crippen LogP contribution in [0.1, 0.15) is 44.7 Å². The second-order valence-electron chi connectivity index (χ2n) is 7.20. The first-order valence-corrected chi connectivity index (χ1v) is 8.04. The van der Waals surface area contributed by atoms with E-state index in [0.29, 0.717) is 13.0 Å². The largest absolute Gasteiger partial charge is 0.444 e. The molecule has 0 aromatic heterocycles. The van der Waals surface area contributed by atoms with E-state index in [-0.39, 0.29) is 5.91 Å². The molecule has 0 spiro atoms. The number of hydrogen-bond acceptors (Lipinski definition) is 3. The van der Waals surface area contributed by atoms with Gasteiger partial charge >= 0.3 is 6.09 Å². The van der Waals surface area contributed by atoms with E-state index in [4.69, 9.17) is 4.74 Å². The lowest BCUT2D eigenvalue weighted by Crippen LogP contribution is -2.45. The van der Waals surface area contributed by atoms with Gasteiger partial charge in [0.25, 0.3) is 0 Å². The minimum absolute atomic E-state index is 0.154. The summed E-state index contributed by atoms with van der Waals surface area (Å²) in [7, 11) is 0. The molecule has 126 valence electrons. The molecule has 1 aliphatic heterocycles. The van der Waals surface area contributed by atoms with Gasteiger partial charge in [0.15, 0.2) is 0 Å². The number of carbonyl (C=O) groups excluding carboxylic acids is 2. The Kier molecular flexibility index (Phi) is 4.97. The third kappa shape index (κ3) is 4.71. The van der Waals surface area contributed by atoms with E-state index in [2.05, 4.69) is 11.4 Å². The molecule has 5 heteroatoms. The first kappa shape index (κ1) is 17.3. The van der Waals surface area contributed by atoms with E-state index in [1.165, 1.54) is 4.90 Å². The molecular formula is C18H26N2O3. The topological polar surface area (TPSA) is 58.6 Å². The van der Waals surface area contributed by atoms with Crippen molar-refractivity contribution in [3.63, 3.8) is 0 Å². The fourth-order valence-corrected chi connectivity index (χ4v) is 2.85. The maximum absolute atomic E-state index is 12.6. The van der Waals surface area contributed by atoms with Crippen LogP contribution in [0.5, 0.6) is 0 Å². The Morgan fingerprint density at radius 3 is 2.35 bits per heavy atom. The van der Waals surface area contributed by atoms with Crippen molar-refractivity contribution in [2.75, 3.05) is 11.9 Å². The minimum atomic E-state index is -0.561. The van der Waals surface area contributed by atoms with Crippen LogP contribution in [-0.4, -0.2) is 35.1 Å². The number of carbonyl (C=O) groups is 2. The molecule has 1 N–H and O–H groups in total. The molecule has 1 saturated heterocycles. The highest BCUT2D eigenvalue weighted by molar-refractivity contribution is 5.97. The lowest BCUT2D eigenvalue weighted by atomic mass is 10.1. The van der Waals surface area contributed by atoms with E-state index >= 15 is 0 Å². The van der Waals surface area contributed by atoms with E-state index in [1.54, 1.807) is 0 Å². The maximum atomic E-state index is 12.6. The highest BCUT2D eigenvalue weighted by Crippen LogP contribution is 2.23. The molecule has 1 aromatic rings. The molecule has 2 amide bonds. The van der Waals surface area contributed by atoms with Gasteiger partial charge in [0.2, 0.25) is 5.91 Å². The summed E-state index contributed by atoms with van der Waals surface area (Å²) in [5.41, 5.74) is 2.39. The smallest absolute Gasteiger partial charge is 0.410 e. The van der Waals surface area contributed by atoms with Crippen molar-refractivity contribution in [3.05, 3.63) is 29.3 Å². The Morgan fingerprint density at radius 1 is 1.17 bits per heavy atom. The highest BCUT2D eigenvalue weighted by Gasteiger charge is 2.36. The van der Waals surface area contributed by atoms with Gasteiger partial charge in [-0.15, -0.1) is 0 Å². The zero-order valence-electron chi connectivity index (χ0n) is 14.6. The summed E-state index contributed by atoms with van der Waals surface area (Å²) in [5.74, 6) is -0.154. The maximum Gasteiger partial charge on any atom is 0.410 e. The predicted molar refractivity (Wildman–Crippen MR) is 90.5 cm³/mol. The average Bonchev–Trinajstić information content (AvgIpc) is 2.84. The third-order valence-electron chi connectivity index (χ3n) is 3.67. The lowest BCUT2D eigenvalue weighted by Gasteiger charge is -2.28. The number of nitrogens with one attached hydrogen (secondary N) is 1. The normalized spacial score (nSPS) is 18.0. The summed E-state index contributed by atoms with van der Waals surface area (Å²) in [5, 5.41) is 2.92. The molecule has 1 aromatic carbocycles. The second-order valence-corrected chi connectivity index (χ2v) is 7.20. The number of rotatable bonds is 2. The molecule has 1 heterocycles. The number of aryl methyl sites for hydroxylation is 2. The molecule has 2 rings (SSSR count). The molecule has 0 bridgehead atoms. The summed E-state index contributed by atoms with van der Waals surface area (Å²) < 4.78 is 5.40. The van der Waals surface area contributed by atoms with Gasteiger partial charge in [0.1, 0.15) is 11.6 Å². The molecule has 0 saturated carbocycles.